The van der Waals surface area contributed by atoms with E-state index in [1.54, 1.807) is 6.08 Å². The monoisotopic (exact) mass is 1040 g/mol. The van der Waals surface area contributed by atoms with Gasteiger partial charge in [-0.1, -0.05) is 353 Å². The molecule has 440 valence electrons. The summed E-state index contributed by atoms with van der Waals surface area (Å²) >= 11 is 0. The summed E-state index contributed by atoms with van der Waals surface area (Å²) in [5, 5.41) is 23.2. The minimum absolute atomic E-state index is 0.0164. The average Bonchev–Trinajstić information content (AvgIpc) is 3.40. The number of esters is 1. The van der Waals surface area contributed by atoms with Crippen molar-refractivity contribution in [3.05, 3.63) is 12.2 Å². The van der Waals surface area contributed by atoms with Gasteiger partial charge < -0.3 is 20.3 Å². The van der Waals surface area contributed by atoms with Gasteiger partial charge in [0.2, 0.25) is 5.91 Å². The van der Waals surface area contributed by atoms with E-state index in [-0.39, 0.29) is 18.5 Å². The summed E-state index contributed by atoms with van der Waals surface area (Å²) in [6.07, 6.45) is 78.4. The van der Waals surface area contributed by atoms with Gasteiger partial charge in [0.15, 0.2) is 0 Å². The number of hydrogen-bond donors (Lipinski definition) is 3. The van der Waals surface area contributed by atoms with Crippen LogP contribution < -0.4 is 5.32 Å². The van der Waals surface area contributed by atoms with E-state index in [1.165, 1.54) is 321 Å². The number of aliphatic hydroxyl groups excluding tert-OH is 2. The van der Waals surface area contributed by atoms with Gasteiger partial charge in [0.1, 0.15) is 0 Å². The molecule has 0 aromatic heterocycles. The van der Waals surface area contributed by atoms with Crippen molar-refractivity contribution >= 4 is 11.9 Å². The van der Waals surface area contributed by atoms with Crippen LogP contribution in [0.3, 0.4) is 0 Å². The molecule has 0 saturated carbocycles. The maximum absolute atomic E-state index is 12.5. The molecule has 6 nitrogen and oxygen atoms in total. The molecule has 0 radical (unpaired) electrons. The highest BCUT2D eigenvalue weighted by Crippen LogP contribution is 2.19. The van der Waals surface area contributed by atoms with E-state index in [9.17, 15) is 19.8 Å². The lowest BCUT2D eigenvalue weighted by molar-refractivity contribution is -0.143. The van der Waals surface area contributed by atoms with Crippen molar-refractivity contribution in [3.63, 3.8) is 0 Å². The van der Waals surface area contributed by atoms with E-state index in [0.29, 0.717) is 19.4 Å². The van der Waals surface area contributed by atoms with Gasteiger partial charge >= 0.3 is 5.97 Å². The Labute approximate surface area is 463 Å². The zero-order valence-corrected chi connectivity index (χ0v) is 50.4. The number of nitrogens with one attached hydrogen (secondary N) is 1. The Balaban J connectivity index is 3.39. The lowest BCUT2D eigenvalue weighted by atomic mass is 10.0. The zero-order chi connectivity index (χ0) is 53.6. The molecule has 1 amide bonds. The Morgan fingerprint density at radius 2 is 0.622 bits per heavy atom. The van der Waals surface area contributed by atoms with E-state index in [1.807, 2.05) is 6.08 Å². The van der Waals surface area contributed by atoms with Crippen LogP contribution in [-0.4, -0.2) is 47.4 Å². The molecule has 0 aromatic rings. The summed E-state index contributed by atoms with van der Waals surface area (Å²) in [5.41, 5.74) is 0. The van der Waals surface area contributed by atoms with Gasteiger partial charge in [0.25, 0.3) is 0 Å². The summed E-state index contributed by atoms with van der Waals surface area (Å²) < 4.78 is 5.49. The highest BCUT2D eigenvalue weighted by molar-refractivity contribution is 5.76. The second-order valence-electron chi connectivity index (χ2n) is 23.5. The molecular formula is C68H133NO5. The van der Waals surface area contributed by atoms with E-state index >= 15 is 0 Å². The quantitative estimate of drug-likeness (QED) is 0.0320. The van der Waals surface area contributed by atoms with Crippen LogP contribution in [0.1, 0.15) is 386 Å². The highest BCUT2D eigenvalue weighted by atomic mass is 16.5. The van der Waals surface area contributed by atoms with Gasteiger partial charge in [-0.2, -0.15) is 0 Å². The molecule has 0 heterocycles. The minimum Gasteiger partial charge on any atom is -0.466 e. The third-order valence-corrected chi connectivity index (χ3v) is 16.1. The van der Waals surface area contributed by atoms with Gasteiger partial charge in [0.05, 0.1) is 25.4 Å². The standard InChI is InChI=1S/C68H133NO5/c1-3-5-7-9-11-13-15-17-18-19-20-24-27-30-33-37-40-44-48-52-56-60-66(71)65(64-70)69-67(72)61-57-53-49-45-41-38-34-31-28-25-22-21-23-26-29-32-35-39-43-47-51-55-59-63-74-68(73)62-58-54-50-46-42-36-16-14-12-10-8-6-4-2/h56,60,65-66,70-71H,3-55,57-59,61-64H2,1-2H3,(H,69,72)/b60-56+. The van der Waals surface area contributed by atoms with Crippen molar-refractivity contribution in [2.45, 2.75) is 398 Å². The third kappa shape index (κ3) is 59.8. The van der Waals surface area contributed by atoms with Crippen LogP contribution >= 0.6 is 0 Å². The van der Waals surface area contributed by atoms with E-state index in [4.69, 9.17) is 4.74 Å². The first-order valence-corrected chi connectivity index (χ1v) is 34.0. The van der Waals surface area contributed by atoms with Crippen molar-refractivity contribution in [2.75, 3.05) is 13.2 Å². The smallest absolute Gasteiger partial charge is 0.305 e. The number of unbranched alkanes of at least 4 members (excludes halogenated alkanes) is 53. The maximum Gasteiger partial charge on any atom is 0.305 e. The fourth-order valence-electron chi connectivity index (χ4n) is 10.9. The predicted molar refractivity (Wildman–Crippen MR) is 324 cm³/mol. The normalized spacial score (nSPS) is 12.5. The highest BCUT2D eigenvalue weighted by Gasteiger charge is 2.18. The van der Waals surface area contributed by atoms with Gasteiger partial charge in [-0.25, -0.2) is 0 Å². The van der Waals surface area contributed by atoms with Crippen molar-refractivity contribution in [1.29, 1.82) is 0 Å². The lowest BCUT2D eigenvalue weighted by Crippen LogP contribution is -2.45. The molecular weight excluding hydrogens is 911 g/mol. The second kappa shape index (κ2) is 64.1. The molecule has 0 aliphatic rings. The molecule has 3 N–H and O–H groups in total. The average molecular weight is 1040 g/mol. The third-order valence-electron chi connectivity index (χ3n) is 16.1. The number of aliphatic hydroxyl groups is 2. The molecule has 0 aromatic carbocycles. The molecule has 6 heteroatoms. The first kappa shape index (κ1) is 72.6. The number of amides is 1. The summed E-state index contributed by atoms with van der Waals surface area (Å²) in [6.45, 7) is 4.94. The van der Waals surface area contributed by atoms with E-state index < -0.39 is 12.1 Å². The van der Waals surface area contributed by atoms with Crippen LogP contribution in [0.2, 0.25) is 0 Å². The molecule has 0 bridgehead atoms. The van der Waals surface area contributed by atoms with Gasteiger partial charge in [-0.05, 0) is 32.1 Å². The number of carbonyl (C=O) groups excluding carboxylic acids is 2. The van der Waals surface area contributed by atoms with E-state index in [2.05, 4.69) is 19.2 Å². The van der Waals surface area contributed by atoms with Crippen LogP contribution in [0, 0.1) is 0 Å². The Bertz CT molecular complexity index is 1110. The molecule has 0 rings (SSSR count). The van der Waals surface area contributed by atoms with Gasteiger partial charge in [0, 0.05) is 12.8 Å². The number of rotatable bonds is 64. The summed E-state index contributed by atoms with van der Waals surface area (Å²) in [6, 6.07) is -0.627. The van der Waals surface area contributed by atoms with Gasteiger partial charge in [-0.3, -0.25) is 9.59 Å². The van der Waals surface area contributed by atoms with Crippen LogP contribution in [-0.2, 0) is 14.3 Å². The number of allylic oxidation sites excluding steroid dienone is 1. The van der Waals surface area contributed by atoms with Crippen molar-refractivity contribution in [3.8, 4) is 0 Å². The molecule has 0 aliphatic carbocycles. The Morgan fingerprint density at radius 1 is 0.365 bits per heavy atom. The topological polar surface area (TPSA) is 95.9 Å². The lowest BCUT2D eigenvalue weighted by Gasteiger charge is -2.20. The summed E-state index contributed by atoms with van der Waals surface area (Å²) in [5.74, 6) is -0.0466. The summed E-state index contributed by atoms with van der Waals surface area (Å²) in [4.78, 5) is 24.6. The second-order valence-corrected chi connectivity index (χ2v) is 23.5. The van der Waals surface area contributed by atoms with Crippen LogP contribution in [0.4, 0.5) is 0 Å². The zero-order valence-electron chi connectivity index (χ0n) is 50.4. The first-order valence-electron chi connectivity index (χ1n) is 34.0. The van der Waals surface area contributed by atoms with Crippen LogP contribution in [0.25, 0.3) is 0 Å². The molecule has 0 fully saturated rings. The van der Waals surface area contributed by atoms with E-state index in [0.717, 1.165) is 38.5 Å². The molecule has 2 unspecified atom stereocenters. The molecule has 0 aliphatic heterocycles. The fraction of sp³-hybridized carbons (Fsp3) is 0.941. The van der Waals surface area contributed by atoms with Crippen molar-refractivity contribution in [1.82, 2.24) is 5.32 Å². The van der Waals surface area contributed by atoms with Crippen LogP contribution in [0.5, 0.6) is 0 Å². The van der Waals surface area contributed by atoms with Gasteiger partial charge in [-0.15, -0.1) is 0 Å². The molecule has 2 atom stereocenters. The van der Waals surface area contributed by atoms with Crippen molar-refractivity contribution < 1.29 is 24.5 Å². The van der Waals surface area contributed by atoms with Crippen molar-refractivity contribution in [2.24, 2.45) is 0 Å². The fourth-order valence-corrected chi connectivity index (χ4v) is 10.9. The molecule has 0 spiro atoms. The number of carbonyl (C=O) groups is 2. The largest absolute Gasteiger partial charge is 0.466 e. The Kier molecular flexibility index (Phi) is 62.9. The SMILES string of the molecule is CCCCCCCCCCCCCCCCCCCCC/C=C/C(O)C(CO)NC(=O)CCCCCCCCCCCCCCCCCCCCCCCCCOC(=O)CCCCCCCCCCCCCCC. The minimum atomic E-state index is -0.844. The Hall–Kier alpha value is -1.40. The Morgan fingerprint density at radius 3 is 0.919 bits per heavy atom. The number of ether oxygens (including phenoxy) is 1. The number of hydrogen-bond acceptors (Lipinski definition) is 5. The first-order chi connectivity index (χ1) is 36.5. The van der Waals surface area contributed by atoms with Crippen LogP contribution in [0.15, 0.2) is 12.2 Å². The molecule has 74 heavy (non-hydrogen) atoms. The maximum atomic E-state index is 12.5. The summed E-state index contributed by atoms with van der Waals surface area (Å²) in [7, 11) is 0. The molecule has 0 saturated heterocycles. The predicted octanol–water partition coefficient (Wildman–Crippen LogP) is 21.6.